The number of carbonyl (C=O) groups excluding carboxylic acids is 3. The Morgan fingerprint density at radius 3 is 2.20 bits per heavy atom. The minimum absolute atomic E-state index is 0.0594. The molecule has 2 fully saturated rings. The van der Waals surface area contributed by atoms with Gasteiger partial charge < -0.3 is 4.90 Å². The van der Waals surface area contributed by atoms with E-state index in [0.29, 0.717) is 11.3 Å². The lowest BCUT2D eigenvalue weighted by Crippen LogP contribution is -2.52. The lowest BCUT2D eigenvalue weighted by molar-refractivity contribution is -0.123. The molecule has 6 nitrogen and oxygen atoms in total. The van der Waals surface area contributed by atoms with E-state index in [9.17, 15) is 14.4 Å². The van der Waals surface area contributed by atoms with E-state index in [1.54, 1.807) is 6.92 Å². The monoisotopic (exact) mass is 405 g/mol. The van der Waals surface area contributed by atoms with Crippen LogP contribution in [0, 0.1) is 13.8 Å². The minimum atomic E-state index is -0.388. The minimum Gasteiger partial charge on any atom is -0.369 e. The number of hydrogen-bond acceptors (Lipinski definition) is 5. The first-order chi connectivity index (χ1) is 14.3. The second kappa shape index (κ2) is 8.03. The first-order valence-corrected chi connectivity index (χ1v) is 10.4. The van der Waals surface area contributed by atoms with Crippen molar-refractivity contribution in [3.63, 3.8) is 0 Å². The normalized spacial score (nSPS) is 20.2. The summed E-state index contributed by atoms with van der Waals surface area (Å²) in [4.78, 5) is 43.0. The molecule has 0 aliphatic carbocycles. The Morgan fingerprint density at radius 1 is 0.933 bits per heavy atom. The zero-order chi connectivity index (χ0) is 21.4. The van der Waals surface area contributed by atoms with Crippen LogP contribution < -0.4 is 9.80 Å². The molecule has 156 valence electrons. The van der Waals surface area contributed by atoms with Gasteiger partial charge in [-0.2, -0.15) is 0 Å². The molecule has 4 rings (SSSR count). The van der Waals surface area contributed by atoms with Crippen LogP contribution in [0.15, 0.2) is 42.5 Å². The molecule has 30 heavy (non-hydrogen) atoms. The van der Waals surface area contributed by atoms with Gasteiger partial charge in [-0.3, -0.25) is 19.3 Å². The Labute approximate surface area is 177 Å². The van der Waals surface area contributed by atoms with Crippen LogP contribution >= 0.6 is 0 Å². The van der Waals surface area contributed by atoms with Crippen molar-refractivity contribution in [1.29, 1.82) is 0 Å². The lowest BCUT2D eigenvalue weighted by atomic mass is 10.1. The van der Waals surface area contributed by atoms with Gasteiger partial charge in [0.05, 0.1) is 18.2 Å². The Hall–Kier alpha value is -2.99. The molecule has 0 spiro atoms. The number of aryl methyl sites for hydroxylation is 2. The van der Waals surface area contributed by atoms with Gasteiger partial charge in [-0.1, -0.05) is 17.7 Å². The van der Waals surface area contributed by atoms with Gasteiger partial charge in [-0.15, -0.1) is 0 Å². The van der Waals surface area contributed by atoms with E-state index >= 15 is 0 Å². The number of Topliss-reactive ketones (excluding diaryl/α,β-unsaturated/α-hetero) is 1. The lowest BCUT2D eigenvalue weighted by Gasteiger charge is -2.38. The molecule has 2 aliphatic heterocycles. The molecule has 2 aromatic rings. The fraction of sp³-hybridized carbons (Fsp3) is 0.375. The highest BCUT2D eigenvalue weighted by Crippen LogP contribution is 2.30. The third-order valence-electron chi connectivity index (χ3n) is 6.11. The van der Waals surface area contributed by atoms with Crippen LogP contribution in [0.1, 0.15) is 34.8 Å². The van der Waals surface area contributed by atoms with Gasteiger partial charge in [0.2, 0.25) is 5.91 Å². The summed E-state index contributed by atoms with van der Waals surface area (Å²) < 4.78 is 0. The van der Waals surface area contributed by atoms with E-state index in [2.05, 4.69) is 9.80 Å². The zero-order valence-corrected chi connectivity index (χ0v) is 17.7. The molecule has 1 atom stereocenters. The van der Waals surface area contributed by atoms with E-state index in [4.69, 9.17) is 0 Å². The highest BCUT2D eigenvalue weighted by Gasteiger charge is 2.43. The molecule has 0 bridgehead atoms. The maximum absolute atomic E-state index is 13.1. The Kier molecular flexibility index (Phi) is 5.43. The summed E-state index contributed by atoms with van der Waals surface area (Å²) in [7, 11) is 0. The van der Waals surface area contributed by atoms with Crippen LogP contribution in [0.4, 0.5) is 11.4 Å². The van der Waals surface area contributed by atoms with Gasteiger partial charge in [0.15, 0.2) is 5.78 Å². The van der Waals surface area contributed by atoms with E-state index < -0.39 is 0 Å². The van der Waals surface area contributed by atoms with Crippen molar-refractivity contribution in [2.75, 3.05) is 36.0 Å². The van der Waals surface area contributed by atoms with Gasteiger partial charge in [-0.05, 0) is 56.7 Å². The first-order valence-electron chi connectivity index (χ1n) is 10.4. The molecule has 2 aromatic carbocycles. The predicted molar refractivity (Wildman–Crippen MR) is 117 cm³/mol. The highest BCUT2D eigenvalue weighted by molar-refractivity contribution is 6.22. The number of carbonyl (C=O) groups is 3. The maximum Gasteiger partial charge on any atom is 0.251 e. The molecule has 2 aliphatic rings. The molecule has 2 saturated heterocycles. The fourth-order valence-corrected chi connectivity index (χ4v) is 4.41. The molecular formula is C24H27N3O3. The standard InChI is InChI=1S/C24H27N3O3/c1-16-4-9-21(17(2)14-16)27-23(29)15-22(24(27)30)26-12-10-25(11-13-26)20-7-5-19(6-8-20)18(3)28/h4-9,14,22H,10-13,15H2,1-3H3/t22-/m1/s1. The quantitative estimate of drug-likeness (QED) is 0.578. The van der Waals surface area contributed by atoms with Crippen LogP contribution in [-0.4, -0.2) is 54.7 Å². The highest BCUT2D eigenvalue weighted by atomic mass is 16.2. The van der Waals surface area contributed by atoms with E-state index in [0.717, 1.165) is 43.0 Å². The molecule has 0 N–H and O–H groups in total. The molecule has 0 radical (unpaired) electrons. The van der Waals surface area contributed by atoms with Gasteiger partial charge in [0, 0.05) is 37.4 Å². The Morgan fingerprint density at radius 2 is 1.60 bits per heavy atom. The average Bonchev–Trinajstić information content (AvgIpc) is 3.02. The van der Waals surface area contributed by atoms with Gasteiger partial charge >= 0.3 is 0 Å². The largest absolute Gasteiger partial charge is 0.369 e. The number of amides is 2. The van der Waals surface area contributed by atoms with Crippen LogP contribution in [0.25, 0.3) is 0 Å². The molecule has 6 heteroatoms. The number of hydrogen-bond donors (Lipinski definition) is 0. The second-order valence-corrected chi connectivity index (χ2v) is 8.20. The van der Waals surface area contributed by atoms with Crippen LogP contribution in [0.5, 0.6) is 0 Å². The molecule has 0 saturated carbocycles. The van der Waals surface area contributed by atoms with Crippen molar-refractivity contribution in [2.24, 2.45) is 0 Å². The van der Waals surface area contributed by atoms with E-state index in [1.807, 2.05) is 56.3 Å². The van der Waals surface area contributed by atoms with E-state index in [-0.39, 0.29) is 30.1 Å². The van der Waals surface area contributed by atoms with Crippen LogP contribution in [0.3, 0.4) is 0 Å². The van der Waals surface area contributed by atoms with Crippen molar-refractivity contribution in [2.45, 2.75) is 33.2 Å². The third-order valence-corrected chi connectivity index (χ3v) is 6.11. The van der Waals surface area contributed by atoms with Crippen molar-refractivity contribution in [3.05, 3.63) is 59.2 Å². The number of benzene rings is 2. The molecule has 0 unspecified atom stereocenters. The van der Waals surface area contributed by atoms with Crippen molar-refractivity contribution < 1.29 is 14.4 Å². The maximum atomic E-state index is 13.1. The second-order valence-electron chi connectivity index (χ2n) is 8.20. The SMILES string of the molecule is CC(=O)c1ccc(N2CCN([C@@H]3CC(=O)N(c4ccc(C)cc4C)C3=O)CC2)cc1. The van der Waals surface area contributed by atoms with Crippen LogP contribution in [-0.2, 0) is 9.59 Å². The number of ketones is 1. The van der Waals surface area contributed by atoms with Crippen LogP contribution in [0.2, 0.25) is 0 Å². The summed E-state index contributed by atoms with van der Waals surface area (Å²) in [6.45, 7) is 8.50. The number of anilines is 2. The fourth-order valence-electron chi connectivity index (χ4n) is 4.41. The van der Waals surface area contributed by atoms with Gasteiger partial charge in [0.1, 0.15) is 0 Å². The number of rotatable bonds is 4. The van der Waals surface area contributed by atoms with Gasteiger partial charge in [0.25, 0.3) is 5.91 Å². The van der Waals surface area contributed by atoms with Crippen molar-refractivity contribution >= 4 is 29.0 Å². The summed E-state index contributed by atoms with van der Waals surface area (Å²) in [5, 5.41) is 0. The summed E-state index contributed by atoms with van der Waals surface area (Å²) >= 11 is 0. The average molecular weight is 405 g/mol. The zero-order valence-electron chi connectivity index (χ0n) is 17.7. The molecule has 2 heterocycles. The molecular weight excluding hydrogens is 378 g/mol. The number of piperazine rings is 1. The topological polar surface area (TPSA) is 60.9 Å². The first kappa shape index (κ1) is 20.3. The van der Waals surface area contributed by atoms with E-state index in [1.165, 1.54) is 4.90 Å². The Balaban J connectivity index is 1.43. The Bertz CT molecular complexity index is 991. The summed E-state index contributed by atoms with van der Waals surface area (Å²) in [6.07, 6.45) is 0.236. The van der Waals surface area contributed by atoms with Gasteiger partial charge in [-0.25, -0.2) is 4.90 Å². The summed E-state index contributed by atoms with van der Waals surface area (Å²) in [6, 6.07) is 13.1. The number of nitrogens with zero attached hydrogens (tertiary/aromatic N) is 3. The molecule has 0 aromatic heterocycles. The third kappa shape index (κ3) is 3.75. The number of imide groups is 1. The summed E-state index contributed by atoms with van der Waals surface area (Å²) in [5.74, 6) is -0.186. The van der Waals surface area contributed by atoms with Crippen molar-refractivity contribution in [3.8, 4) is 0 Å². The summed E-state index contributed by atoms with van der Waals surface area (Å²) in [5.41, 5.74) is 4.53. The van der Waals surface area contributed by atoms with Crippen molar-refractivity contribution in [1.82, 2.24) is 4.90 Å². The molecule has 2 amide bonds. The predicted octanol–water partition coefficient (Wildman–Crippen LogP) is 2.96. The smallest absolute Gasteiger partial charge is 0.251 e.